The van der Waals surface area contributed by atoms with Crippen molar-refractivity contribution in [1.29, 1.82) is 0 Å². The first-order valence-corrected chi connectivity index (χ1v) is 6.80. The second-order valence-electron chi connectivity index (χ2n) is 3.18. The van der Waals surface area contributed by atoms with Crippen molar-refractivity contribution in [2.75, 3.05) is 0 Å². The van der Waals surface area contributed by atoms with Gasteiger partial charge in [0.1, 0.15) is 0 Å². The zero-order chi connectivity index (χ0) is 7.49. The van der Waals surface area contributed by atoms with Crippen LogP contribution in [-0.2, 0) is 4.43 Å². The summed E-state index contributed by atoms with van der Waals surface area (Å²) in [5.41, 5.74) is 5.57. The maximum Gasteiger partial charge on any atom is 0.185 e. The van der Waals surface area contributed by atoms with Gasteiger partial charge in [-0.15, -0.1) is 0 Å². The van der Waals surface area contributed by atoms with Crippen LogP contribution in [0.1, 0.15) is 13.3 Å². The van der Waals surface area contributed by atoms with Crippen LogP contribution in [-0.4, -0.2) is 14.5 Å². The zero-order valence-electron chi connectivity index (χ0n) is 6.77. The summed E-state index contributed by atoms with van der Waals surface area (Å²) in [6, 6.07) is 0. The zero-order valence-corrected chi connectivity index (χ0v) is 7.77. The lowest BCUT2D eigenvalue weighted by Crippen LogP contribution is -2.36. The van der Waals surface area contributed by atoms with Gasteiger partial charge in [0.2, 0.25) is 0 Å². The van der Waals surface area contributed by atoms with E-state index in [4.69, 9.17) is 10.2 Å². The predicted molar refractivity (Wildman–Crippen MR) is 42.7 cm³/mol. The Morgan fingerprint density at radius 1 is 1.44 bits per heavy atom. The molecular weight excluding hydrogens is 130 g/mol. The quantitative estimate of drug-likeness (QED) is 0.485. The second kappa shape index (κ2) is 3.34. The Kier molecular flexibility index (Phi) is 3.39. The topological polar surface area (TPSA) is 35.2 Å². The Balaban J connectivity index is 3.47. The van der Waals surface area contributed by atoms with Crippen LogP contribution >= 0.6 is 0 Å². The van der Waals surface area contributed by atoms with Gasteiger partial charge in [-0.1, -0.05) is 6.92 Å². The van der Waals surface area contributed by atoms with Gasteiger partial charge in [0.25, 0.3) is 0 Å². The summed E-state index contributed by atoms with van der Waals surface area (Å²) >= 11 is 0. The fourth-order valence-corrected chi connectivity index (χ4v) is 1.61. The SMILES string of the molecule is CCC(N)O[Si](C)(C)C. The molecular formula is C6H17NOSi. The molecule has 1 atom stereocenters. The molecule has 56 valence electrons. The van der Waals surface area contributed by atoms with Crippen molar-refractivity contribution in [3.63, 3.8) is 0 Å². The standard InChI is InChI=1S/C6H17NOSi/c1-5-6(7)8-9(2,3)4/h6H,5,7H2,1-4H3. The van der Waals surface area contributed by atoms with Crippen molar-refractivity contribution in [1.82, 2.24) is 0 Å². The Morgan fingerprint density at radius 3 is 2.00 bits per heavy atom. The molecule has 0 amide bonds. The molecule has 2 N–H and O–H groups in total. The Morgan fingerprint density at radius 2 is 1.89 bits per heavy atom. The van der Waals surface area contributed by atoms with E-state index < -0.39 is 8.32 Å². The average Bonchev–Trinajstić information content (AvgIpc) is 1.62. The molecule has 0 aromatic carbocycles. The number of hydrogen-bond donors (Lipinski definition) is 1. The molecule has 0 aromatic rings. The van der Waals surface area contributed by atoms with Crippen LogP contribution in [0.2, 0.25) is 19.6 Å². The number of hydrogen-bond acceptors (Lipinski definition) is 2. The molecule has 9 heavy (non-hydrogen) atoms. The first kappa shape index (κ1) is 9.14. The van der Waals surface area contributed by atoms with E-state index in [1.165, 1.54) is 0 Å². The van der Waals surface area contributed by atoms with Gasteiger partial charge in [-0.3, -0.25) is 0 Å². The summed E-state index contributed by atoms with van der Waals surface area (Å²) in [6.45, 7) is 8.46. The highest BCUT2D eigenvalue weighted by Crippen LogP contribution is 2.05. The van der Waals surface area contributed by atoms with Crippen molar-refractivity contribution in [3.8, 4) is 0 Å². The average molecular weight is 147 g/mol. The summed E-state index contributed by atoms with van der Waals surface area (Å²) in [5, 5.41) is 0. The minimum atomic E-state index is -1.37. The van der Waals surface area contributed by atoms with Crippen LogP contribution in [0.3, 0.4) is 0 Å². The second-order valence-corrected chi connectivity index (χ2v) is 7.64. The van der Waals surface area contributed by atoms with E-state index in [-0.39, 0.29) is 6.23 Å². The molecule has 0 saturated carbocycles. The molecule has 0 aliphatic heterocycles. The predicted octanol–water partition coefficient (Wildman–Crippen LogP) is 1.53. The van der Waals surface area contributed by atoms with E-state index in [1.54, 1.807) is 0 Å². The smallest absolute Gasteiger partial charge is 0.185 e. The highest BCUT2D eigenvalue weighted by Gasteiger charge is 2.16. The van der Waals surface area contributed by atoms with Crippen LogP contribution in [0.25, 0.3) is 0 Å². The van der Waals surface area contributed by atoms with Gasteiger partial charge < -0.3 is 10.2 Å². The monoisotopic (exact) mass is 147 g/mol. The molecule has 0 aliphatic rings. The third-order valence-electron chi connectivity index (χ3n) is 0.907. The molecule has 0 aliphatic carbocycles. The summed E-state index contributed by atoms with van der Waals surface area (Å²) in [6.07, 6.45) is 0.862. The maximum absolute atomic E-state index is 5.57. The molecule has 0 heterocycles. The van der Waals surface area contributed by atoms with Crippen molar-refractivity contribution in [2.24, 2.45) is 5.73 Å². The minimum absolute atomic E-state index is 0.0448. The summed E-state index contributed by atoms with van der Waals surface area (Å²) in [7, 11) is -1.37. The van der Waals surface area contributed by atoms with E-state index in [2.05, 4.69) is 19.6 Å². The van der Waals surface area contributed by atoms with Gasteiger partial charge in [0.05, 0.1) is 6.23 Å². The summed E-state index contributed by atoms with van der Waals surface area (Å²) in [5.74, 6) is 0. The highest BCUT2D eigenvalue weighted by molar-refractivity contribution is 6.69. The lowest BCUT2D eigenvalue weighted by molar-refractivity contribution is 0.197. The Bertz CT molecular complexity index is 79.6. The molecule has 0 radical (unpaired) electrons. The molecule has 0 fully saturated rings. The fourth-order valence-electron chi connectivity index (χ4n) is 0.537. The molecule has 2 nitrogen and oxygen atoms in total. The van der Waals surface area contributed by atoms with Crippen molar-refractivity contribution >= 4 is 8.32 Å². The highest BCUT2D eigenvalue weighted by atomic mass is 28.4. The molecule has 0 rings (SSSR count). The van der Waals surface area contributed by atoms with E-state index in [9.17, 15) is 0 Å². The maximum atomic E-state index is 5.57. The van der Waals surface area contributed by atoms with Crippen LogP contribution < -0.4 is 5.73 Å². The first-order chi connectivity index (χ1) is 3.95. The largest absolute Gasteiger partial charge is 0.403 e. The van der Waals surface area contributed by atoms with Crippen molar-refractivity contribution in [2.45, 2.75) is 39.2 Å². The van der Waals surface area contributed by atoms with Crippen LogP contribution in [0.15, 0.2) is 0 Å². The minimum Gasteiger partial charge on any atom is -0.403 e. The molecule has 0 aromatic heterocycles. The molecule has 0 bridgehead atoms. The molecule has 0 spiro atoms. The van der Waals surface area contributed by atoms with Crippen LogP contribution in [0.4, 0.5) is 0 Å². The van der Waals surface area contributed by atoms with E-state index in [1.807, 2.05) is 6.92 Å². The lowest BCUT2D eigenvalue weighted by atomic mass is 10.5. The fraction of sp³-hybridized carbons (Fsp3) is 1.00. The third-order valence-corrected chi connectivity index (χ3v) is 1.92. The molecule has 1 unspecified atom stereocenters. The normalized spacial score (nSPS) is 15.7. The van der Waals surface area contributed by atoms with Gasteiger partial charge in [-0.25, -0.2) is 0 Å². The van der Waals surface area contributed by atoms with E-state index >= 15 is 0 Å². The Labute approximate surface area is 58.5 Å². The van der Waals surface area contributed by atoms with Gasteiger partial charge in [-0.05, 0) is 26.1 Å². The van der Waals surface area contributed by atoms with E-state index in [0.717, 1.165) is 6.42 Å². The van der Waals surface area contributed by atoms with Gasteiger partial charge in [0.15, 0.2) is 8.32 Å². The summed E-state index contributed by atoms with van der Waals surface area (Å²) in [4.78, 5) is 0. The number of rotatable bonds is 3. The summed E-state index contributed by atoms with van der Waals surface area (Å²) < 4.78 is 5.50. The number of nitrogens with two attached hydrogens (primary N) is 1. The first-order valence-electron chi connectivity index (χ1n) is 3.39. The van der Waals surface area contributed by atoms with Crippen molar-refractivity contribution < 1.29 is 4.43 Å². The van der Waals surface area contributed by atoms with Crippen LogP contribution in [0, 0.1) is 0 Å². The third kappa shape index (κ3) is 6.02. The molecule has 3 heteroatoms. The van der Waals surface area contributed by atoms with Gasteiger partial charge in [0, 0.05) is 0 Å². The van der Waals surface area contributed by atoms with Gasteiger partial charge in [-0.2, -0.15) is 0 Å². The lowest BCUT2D eigenvalue weighted by Gasteiger charge is -2.21. The van der Waals surface area contributed by atoms with E-state index in [0.29, 0.717) is 0 Å². The Hall–Kier alpha value is 0.137. The van der Waals surface area contributed by atoms with Crippen LogP contribution in [0.5, 0.6) is 0 Å². The van der Waals surface area contributed by atoms with Gasteiger partial charge >= 0.3 is 0 Å². The molecule has 0 saturated heterocycles. The van der Waals surface area contributed by atoms with Crippen molar-refractivity contribution in [3.05, 3.63) is 0 Å².